The van der Waals surface area contributed by atoms with Crippen LogP contribution >= 0.6 is 0 Å². The van der Waals surface area contributed by atoms with Crippen LogP contribution in [0.25, 0.3) is 0 Å². The number of sulfonamides is 1. The molecule has 1 aromatic carbocycles. The molecule has 5 heteroatoms. The molecule has 0 amide bonds. The highest BCUT2D eigenvalue weighted by Gasteiger charge is 2.26. The van der Waals surface area contributed by atoms with Gasteiger partial charge < -0.3 is 5.32 Å². The topological polar surface area (TPSA) is 58.2 Å². The van der Waals surface area contributed by atoms with Crippen LogP contribution in [0.15, 0.2) is 29.2 Å². The average molecular weight is 310 g/mol. The van der Waals surface area contributed by atoms with E-state index in [1.807, 2.05) is 19.2 Å². The molecule has 1 saturated carbocycles. The van der Waals surface area contributed by atoms with E-state index in [9.17, 15) is 8.42 Å². The average Bonchev–Trinajstić information content (AvgIpc) is 2.48. The molecule has 0 aromatic heterocycles. The van der Waals surface area contributed by atoms with Crippen molar-refractivity contribution in [2.45, 2.75) is 50.0 Å². The minimum absolute atomic E-state index is 0.0766. The molecule has 1 aliphatic carbocycles. The van der Waals surface area contributed by atoms with Crippen molar-refractivity contribution in [3.63, 3.8) is 0 Å². The zero-order valence-electron chi connectivity index (χ0n) is 12.9. The summed E-state index contributed by atoms with van der Waals surface area (Å²) < 4.78 is 27.8. The molecule has 0 heterocycles. The smallest absolute Gasteiger partial charge is 0.240 e. The van der Waals surface area contributed by atoms with Crippen molar-refractivity contribution in [2.24, 2.45) is 5.92 Å². The lowest BCUT2D eigenvalue weighted by Crippen LogP contribution is -2.40. The number of hydrogen-bond acceptors (Lipinski definition) is 3. The molecule has 1 aromatic rings. The van der Waals surface area contributed by atoms with Crippen molar-refractivity contribution in [1.82, 2.24) is 10.0 Å². The van der Waals surface area contributed by atoms with E-state index >= 15 is 0 Å². The lowest BCUT2D eigenvalue weighted by atomic mass is 9.87. The van der Waals surface area contributed by atoms with Gasteiger partial charge >= 0.3 is 0 Å². The molecule has 2 atom stereocenters. The van der Waals surface area contributed by atoms with Gasteiger partial charge in [-0.15, -0.1) is 0 Å². The summed E-state index contributed by atoms with van der Waals surface area (Å²) in [5.41, 5.74) is 1.15. The number of hydrogen-bond donors (Lipinski definition) is 2. The van der Waals surface area contributed by atoms with E-state index in [0.717, 1.165) is 37.8 Å². The van der Waals surface area contributed by atoms with E-state index in [2.05, 4.69) is 17.0 Å². The van der Waals surface area contributed by atoms with E-state index in [-0.39, 0.29) is 6.04 Å². The molecule has 2 N–H and O–H groups in total. The third-order valence-corrected chi connectivity index (χ3v) is 5.82. The third-order valence-electron chi connectivity index (χ3n) is 4.32. The van der Waals surface area contributed by atoms with E-state index in [4.69, 9.17) is 0 Å². The second-order valence-electron chi connectivity index (χ2n) is 5.99. The molecule has 4 nitrogen and oxygen atoms in total. The fourth-order valence-corrected chi connectivity index (χ4v) is 4.24. The summed E-state index contributed by atoms with van der Waals surface area (Å²) in [5, 5.41) is 3.09. The molecular weight excluding hydrogens is 284 g/mol. The maximum Gasteiger partial charge on any atom is 0.240 e. The minimum atomic E-state index is -3.40. The normalized spacial score (nSPS) is 23.1. The molecule has 1 aliphatic rings. The molecule has 0 aliphatic heterocycles. The van der Waals surface area contributed by atoms with Crippen LogP contribution in [0.2, 0.25) is 0 Å². The molecular formula is C16H26N2O2S. The first-order valence-electron chi connectivity index (χ1n) is 7.79. The molecule has 2 unspecified atom stereocenters. The van der Waals surface area contributed by atoms with Crippen LogP contribution in [0.4, 0.5) is 0 Å². The maximum absolute atomic E-state index is 12.4. The quantitative estimate of drug-likeness (QED) is 0.847. The summed E-state index contributed by atoms with van der Waals surface area (Å²) in [7, 11) is -1.48. The zero-order valence-corrected chi connectivity index (χ0v) is 13.7. The Hall–Kier alpha value is -0.910. The van der Waals surface area contributed by atoms with Crippen molar-refractivity contribution in [3.8, 4) is 0 Å². The Morgan fingerprint density at radius 3 is 2.43 bits per heavy atom. The Balaban J connectivity index is 2.04. The fourth-order valence-electron chi connectivity index (χ4n) is 2.86. The zero-order chi connectivity index (χ0) is 15.3. The molecule has 0 saturated heterocycles. The first-order valence-corrected chi connectivity index (χ1v) is 9.27. The number of benzene rings is 1. The van der Waals surface area contributed by atoms with Gasteiger partial charge in [0.1, 0.15) is 0 Å². The maximum atomic E-state index is 12.4. The summed E-state index contributed by atoms with van der Waals surface area (Å²) in [6.07, 6.45) is 5.28. The van der Waals surface area contributed by atoms with Crippen LogP contribution in [-0.2, 0) is 16.4 Å². The van der Waals surface area contributed by atoms with E-state index in [1.54, 1.807) is 12.1 Å². The minimum Gasteiger partial charge on any atom is -0.319 e. The third kappa shape index (κ3) is 4.53. The van der Waals surface area contributed by atoms with Crippen molar-refractivity contribution in [1.29, 1.82) is 0 Å². The Bertz CT molecular complexity index is 540. The first kappa shape index (κ1) is 16.5. The second-order valence-corrected chi connectivity index (χ2v) is 7.70. The Morgan fingerprint density at radius 2 is 1.81 bits per heavy atom. The summed E-state index contributed by atoms with van der Waals surface area (Å²) >= 11 is 0. The van der Waals surface area contributed by atoms with Crippen LogP contribution in [-0.4, -0.2) is 28.1 Å². The summed E-state index contributed by atoms with van der Waals surface area (Å²) in [6.45, 7) is 3.02. The Morgan fingerprint density at radius 1 is 1.14 bits per heavy atom. The molecule has 21 heavy (non-hydrogen) atoms. The van der Waals surface area contributed by atoms with Gasteiger partial charge in [-0.1, -0.05) is 31.9 Å². The van der Waals surface area contributed by atoms with Gasteiger partial charge in [-0.2, -0.15) is 0 Å². The largest absolute Gasteiger partial charge is 0.319 e. The van der Waals surface area contributed by atoms with Crippen molar-refractivity contribution in [2.75, 3.05) is 13.6 Å². The van der Waals surface area contributed by atoms with Gasteiger partial charge in [-0.05, 0) is 56.5 Å². The molecule has 2 rings (SSSR count). The van der Waals surface area contributed by atoms with Crippen LogP contribution < -0.4 is 10.0 Å². The predicted octanol–water partition coefficient (Wildman–Crippen LogP) is 2.31. The van der Waals surface area contributed by atoms with Gasteiger partial charge in [0, 0.05) is 6.04 Å². The van der Waals surface area contributed by atoms with Gasteiger partial charge in [0.25, 0.3) is 0 Å². The van der Waals surface area contributed by atoms with Crippen molar-refractivity contribution in [3.05, 3.63) is 29.8 Å². The van der Waals surface area contributed by atoms with Crippen LogP contribution in [0.1, 0.15) is 38.2 Å². The summed E-state index contributed by atoms with van der Waals surface area (Å²) in [5.74, 6) is 0.420. The lowest BCUT2D eigenvalue weighted by molar-refractivity contribution is 0.310. The SMILES string of the molecule is CNCCc1ccc(S(=O)(=O)NC2CCCCC2C)cc1. The molecule has 0 bridgehead atoms. The van der Waals surface area contributed by atoms with Crippen molar-refractivity contribution >= 4 is 10.0 Å². The molecule has 0 spiro atoms. The van der Waals surface area contributed by atoms with Crippen LogP contribution in [0.3, 0.4) is 0 Å². The van der Waals surface area contributed by atoms with Gasteiger partial charge in [0.15, 0.2) is 0 Å². The van der Waals surface area contributed by atoms with E-state index in [1.165, 1.54) is 6.42 Å². The monoisotopic (exact) mass is 310 g/mol. The fraction of sp³-hybridized carbons (Fsp3) is 0.625. The molecule has 0 radical (unpaired) electrons. The summed E-state index contributed by atoms with van der Waals surface area (Å²) in [4.78, 5) is 0.369. The van der Waals surface area contributed by atoms with Gasteiger partial charge in [-0.25, -0.2) is 13.1 Å². The van der Waals surface area contributed by atoms with Crippen molar-refractivity contribution < 1.29 is 8.42 Å². The number of nitrogens with one attached hydrogen (secondary N) is 2. The Labute approximate surface area is 128 Å². The Kier molecular flexibility index (Phi) is 5.79. The highest BCUT2D eigenvalue weighted by atomic mass is 32.2. The van der Waals surface area contributed by atoms with Crippen LogP contribution in [0.5, 0.6) is 0 Å². The predicted molar refractivity (Wildman–Crippen MR) is 85.8 cm³/mol. The van der Waals surface area contributed by atoms with E-state index < -0.39 is 10.0 Å². The molecule has 1 fully saturated rings. The first-order chi connectivity index (χ1) is 10.0. The highest BCUT2D eigenvalue weighted by Crippen LogP contribution is 2.25. The molecule has 118 valence electrons. The highest BCUT2D eigenvalue weighted by molar-refractivity contribution is 7.89. The van der Waals surface area contributed by atoms with Gasteiger partial charge in [0.05, 0.1) is 4.90 Å². The lowest BCUT2D eigenvalue weighted by Gasteiger charge is -2.29. The van der Waals surface area contributed by atoms with E-state index in [0.29, 0.717) is 10.8 Å². The van der Waals surface area contributed by atoms with Crippen LogP contribution in [0, 0.1) is 5.92 Å². The van der Waals surface area contributed by atoms with Gasteiger partial charge in [-0.3, -0.25) is 0 Å². The van der Waals surface area contributed by atoms with Gasteiger partial charge in [0.2, 0.25) is 10.0 Å². The summed E-state index contributed by atoms with van der Waals surface area (Å²) in [6, 6.07) is 7.29. The standard InChI is InChI=1S/C16H26N2O2S/c1-13-5-3-4-6-16(13)18-21(19,20)15-9-7-14(8-10-15)11-12-17-2/h7-10,13,16-18H,3-6,11-12H2,1-2H3. The number of rotatable bonds is 6. The number of likely N-dealkylation sites (N-methyl/N-ethyl adjacent to an activating group) is 1. The second kappa shape index (κ2) is 7.38.